The van der Waals surface area contributed by atoms with Crippen LogP contribution in [-0.2, 0) is 0 Å². The summed E-state index contributed by atoms with van der Waals surface area (Å²) in [6.45, 7) is 1.62. The number of rotatable bonds is 3. The van der Waals surface area contributed by atoms with Crippen LogP contribution in [0.3, 0.4) is 0 Å². The van der Waals surface area contributed by atoms with Crippen LogP contribution >= 0.6 is 27.3 Å². The van der Waals surface area contributed by atoms with Gasteiger partial charge in [0.2, 0.25) is 0 Å². The van der Waals surface area contributed by atoms with Crippen molar-refractivity contribution < 1.29 is 9.53 Å². The van der Waals surface area contributed by atoms with Gasteiger partial charge in [-0.2, -0.15) is 0 Å². The van der Waals surface area contributed by atoms with E-state index >= 15 is 0 Å². The van der Waals surface area contributed by atoms with Crippen molar-refractivity contribution in [3.8, 4) is 5.75 Å². The Hall–Kier alpha value is -1.33. The molecule has 1 aromatic carbocycles. The number of piperidine rings is 1. The Morgan fingerprint density at radius 1 is 1.32 bits per heavy atom. The number of hydrogen-bond donors (Lipinski definition) is 0. The molecular weight excluding hydrogens is 362 g/mol. The molecule has 0 saturated carbocycles. The molecule has 0 unspecified atom stereocenters. The molecule has 0 aliphatic carbocycles. The van der Waals surface area contributed by atoms with Gasteiger partial charge in [0.15, 0.2) is 0 Å². The molecular formula is C17H18BrNO2S. The van der Waals surface area contributed by atoms with Gasteiger partial charge in [0.05, 0.1) is 12.7 Å². The van der Waals surface area contributed by atoms with Crippen molar-refractivity contribution in [1.29, 1.82) is 0 Å². The predicted octanol–water partition coefficient (Wildman–Crippen LogP) is 4.54. The maximum atomic E-state index is 12.7. The predicted molar refractivity (Wildman–Crippen MR) is 92.9 cm³/mol. The molecule has 1 aliphatic rings. The molecule has 116 valence electrons. The zero-order valence-corrected chi connectivity index (χ0v) is 14.8. The number of amides is 1. The zero-order valence-electron chi connectivity index (χ0n) is 12.4. The molecule has 1 saturated heterocycles. The molecule has 3 nitrogen and oxygen atoms in total. The third-order valence-corrected chi connectivity index (χ3v) is 5.86. The highest BCUT2D eigenvalue weighted by Gasteiger charge is 2.26. The van der Waals surface area contributed by atoms with Gasteiger partial charge in [-0.3, -0.25) is 4.79 Å². The number of benzene rings is 1. The third-order valence-electron chi connectivity index (χ3n) is 4.13. The Bertz CT molecular complexity index is 649. The largest absolute Gasteiger partial charge is 0.497 e. The van der Waals surface area contributed by atoms with E-state index in [4.69, 9.17) is 4.74 Å². The fourth-order valence-electron chi connectivity index (χ4n) is 2.86. The molecule has 1 fully saturated rings. The molecule has 0 N–H and O–H groups in total. The van der Waals surface area contributed by atoms with Crippen molar-refractivity contribution in [3.05, 3.63) is 50.6 Å². The van der Waals surface area contributed by atoms with Crippen LogP contribution < -0.4 is 4.74 Å². The van der Waals surface area contributed by atoms with E-state index in [2.05, 4.69) is 33.4 Å². The van der Waals surface area contributed by atoms with Crippen LogP contribution in [0.1, 0.15) is 34.0 Å². The molecule has 2 aromatic rings. The van der Waals surface area contributed by atoms with Gasteiger partial charge in [0, 0.05) is 22.4 Å². The lowest BCUT2D eigenvalue weighted by atomic mass is 9.95. The van der Waals surface area contributed by atoms with Gasteiger partial charge in [-0.1, -0.05) is 6.07 Å². The Morgan fingerprint density at radius 2 is 2.09 bits per heavy atom. The van der Waals surface area contributed by atoms with Gasteiger partial charge in [-0.25, -0.2) is 0 Å². The summed E-state index contributed by atoms with van der Waals surface area (Å²) in [6.07, 6.45) is 2.07. The van der Waals surface area contributed by atoms with Gasteiger partial charge in [0.1, 0.15) is 5.75 Å². The SMILES string of the molecule is COc1ccc(Br)c(C(=O)N2CCC(c3cccs3)CC2)c1. The van der Waals surface area contributed by atoms with Crippen LogP contribution in [0.25, 0.3) is 0 Å². The lowest BCUT2D eigenvalue weighted by Gasteiger charge is -2.32. The molecule has 1 aromatic heterocycles. The molecule has 0 spiro atoms. The second-order valence-corrected chi connectivity index (χ2v) is 7.26. The summed E-state index contributed by atoms with van der Waals surface area (Å²) in [5.74, 6) is 1.38. The van der Waals surface area contributed by atoms with Crippen molar-refractivity contribution in [2.75, 3.05) is 20.2 Å². The number of methoxy groups -OCH3 is 1. The van der Waals surface area contributed by atoms with E-state index in [0.717, 1.165) is 30.4 Å². The minimum absolute atomic E-state index is 0.0791. The van der Waals surface area contributed by atoms with Crippen LogP contribution in [0.4, 0.5) is 0 Å². The van der Waals surface area contributed by atoms with Crippen LogP contribution in [0.5, 0.6) is 5.75 Å². The molecule has 0 bridgehead atoms. The van der Waals surface area contributed by atoms with E-state index in [1.54, 1.807) is 13.2 Å². The third kappa shape index (κ3) is 3.20. The lowest BCUT2D eigenvalue weighted by Crippen LogP contribution is -2.37. The average Bonchev–Trinajstić information content (AvgIpc) is 3.09. The van der Waals surface area contributed by atoms with E-state index < -0.39 is 0 Å². The van der Waals surface area contributed by atoms with E-state index in [-0.39, 0.29) is 5.91 Å². The first-order valence-electron chi connectivity index (χ1n) is 7.35. The number of ether oxygens (including phenoxy) is 1. The summed E-state index contributed by atoms with van der Waals surface area (Å²) in [4.78, 5) is 16.1. The Kier molecular flexibility index (Phi) is 4.84. The first-order chi connectivity index (χ1) is 10.7. The minimum atomic E-state index is 0.0791. The summed E-state index contributed by atoms with van der Waals surface area (Å²) in [5.41, 5.74) is 0.675. The first-order valence-corrected chi connectivity index (χ1v) is 9.02. The number of halogens is 1. The molecule has 22 heavy (non-hydrogen) atoms. The summed E-state index contributed by atoms with van der Waals surface area (Å²) in [5, 5.41) is 2.13. The summed E-state index contributed by atoms with van der Waals surface area (Å²) < 4.78 is 6.04. The quantitative estimate of drug-likeness (QED) is 0.783. The van der Waals surface area contributed by atoms with Crippen molar-refractivity contribution in [2.24, 2.45) is 0 Å². The van der Waals surface area contributed by atoms with E-state index in [9.17, 15) is 4.79 Å². The van der Waals surface area contributed by atoms with Crippen LogP contribution in [0.15, 0.2) is 40.2 Å². The topological polar surface area (TPSA) is 29.5 Å². The minimum Gasteiger partial charge on any atom is -0.497 e. The Labute approximate surface area is 143 Å². The Morgan fingerprint density at radius 3 is 2.73 bits per heavy atom. The second-order valence-electron chi connectivity index (χ2n) is 5.43. The monoisotopic (exact) mass is 379 g/mol. The van der Waals surface area contributed by atoms with Gasteiger partial charge in [-0.05, 0) is 64.3 Å². The van der Waals surface area contributed by atoms with Gasteiger partial charge in [0.25, 0.3) is 5.91 Å². The number of carbonyl (C=O) groups is 1. The zero-order chi connectivity index (χ0) is 15.5. The van der Waals surface area contributed by atoms with E-state index in [1.165, 1.54) is 4.88 Å². The van der Waals surface area contributed by atoms with Crippen molar-refractivity contribution in [1.82, 2.24) is 4.90 Å². The highest BCUT2D eigenvalue weighted by molar-refractivity contribution is 9.10. The van der Waals surface area contributed by atoms with Crippen LogP contribution in [-0.4, -0.2) is 31.0 Å². The van der Waals surface area contributed by atoms with Crippen molar-refractivity contribution in [3.63, 3.8) is 0 Å². The maximum Gasteiger partial charge on any atom is 0.255 e. The summed E-state index contributed by atoms with van der Waals surface area (Å²) >= 11 is 5.28. The Balaban J connectivity index is 1.69. The highest BCUT2D eigenvalue weighted by Crippen LogP contribution is 2.32. The second kappa shape index (κ2) is 6.84. The number of likely N-dealkylation sites (tertiary alicyclic amines) is 1. The number of carbonyl (C=O) groups excluding carboxylic acids is 1. The summed E-state index contributed by atoms with van der Waals surface area (Å²) in [6, 6.07) is 9.82. The van der Waals surface area contributed by atoms with Crippen LogP contribution in [0.2, 0.25) is 0 Å². The molecule has 0 radical (unpaired) electrons. The molecule has 1 aliphatic heterocycles. The molecule has 1 amide bonds. The number of thiophene rings is 1. The molecule has 3 rings (SSSR count). The fourth-order valence-corrected chi connectivity index (χ4v) is 4.17. The van der Waals surface area contributed by atoms with E-state index in [1.807, 2.05) is 28.4 Å². The normalized spacial score (nSPS) is 15.8. The van der Waals surface area contributed by atoms with Gasteiger partial charge in [-0.15, -0.1) is 11.3 Å². The van der Waals surface area contributed by atoms with Gasteiger partial charge >= 0.3 is 0 Å². The maximum absolute atomic E-state index is 12.7. The highest BCUT2D eigenvalue weighted by atomic mass is 79.9. The van der Waals surface area contributed by atoms with Gasteiger partial charge < -0.3 is 9.64 Å². The summed E-state index contributed by atoms with van der Waals surface area (Å²) in [7, 11) is 1.62. The smallest absolute Gasteiger partial charge is 0.255 e. The number of hydrogen-bond acceptors (Lipinski definition) is 3. The van der Waals surface area contributed by atoms with Crippen molar-refractivity contribution >= 4 is 33.2 Å². The lowest BCUT2D eigenvalue weighted by molar-refractivity contribution is 0.0712. The first kappa shape index (κ1) is 15.6. The average molecular weight is 380 g/mol. The van der Waals surface area contributed by atoms with Crippen LogP contribution in [0, 0.1) is 0 Å². The van der Waals surface area contributed by atoms with Crippen molar-refractivity contribution in [2.45, 2.75) is 18.8 Å². The standard InChI is InChI=1S/C17H18BrNO2S/c1-21-13-4-5-15(18)14(11-13)17(20)19-8-6-12(7-9-19)16-3-2-10-22-16/h2-5,10-12H,6-9H2,1H3. The molecule has 0 atom stereocenters. The number of nitrogens with zero attached hydrogens (tertiary/aromatic N) is 1. The molecule has 2 heterocycles. The molecule has 5 heteroatoms. The van der Waals surface area contributed by atoms with E-state index in [0.29, 0.717) is 17.2 Å². The fraction of sp³-hybridized carbons (Fsp3) is 0.353.